The predicted octanol–water partition coefficient (Wildman–Crippen LogP) is 1.92. The Morgan fingerprint density at radius 3 is 1.94 bits per heavy atom. The Bertz CT molecular complexity index is 277. The zero-order valence-corrected chi connectivity index (χ0v) is 12.2. The number of hydrogen-bond acceptors (Lipinski definition) is 3. The molecule has 0 aliphatic heterocycles. The molecule has 2 amide bonds. The van der Waals surface area contributed by atoms with Crippen LogP contribution in [0.1, 0.15) is 41.0 Å². The van der Waals surface area contributed by atoms with E-state index in [0.29, 0.717) is 5.92 Å². The molecule has 0 fully saturated rings. The summed E-state index contributed by atoms with van der Waals surface area (Å²) in [4.78, 5) is 23.3. The van der Waals surface area contributed by atoms with Crippen LogP contribution in [0, 0.1) is 11.8 Å². The average Bonchev–Trinajstić information content (AvgIpc) is 2.31. The van der Waals surface area contributed by atoms with Crippen molar-refractivity contribution < 1.29 is 14.3 Å². The summed E-state index contributed by atoms with van der Waals surface area (Å²) in [6, 6.07) is -0.441. The molecule has 0 spiro atoms. The van der Waals surface area contributed by atoms with Crippen LogP contribution in [-0.4, -0.2) is 31.2 Å². The summed E-state index contributed by atoms with van der Waals surface area (Å²) < 4.78 is 4.53. The lowest BCUT2D eigenvalue weighted by molar-refractivity contribution is -0.125. The lowest BCUT2D eigenvalue weighted by atomic mass is 9.99. The van der Waals surface area contributed by atoms with E-state index in [1.807, 2.05) is 20.8 Å². The zero-order chi connectivity index (χ0) is 14.3. The van der Waals surface area contributed by atoms with Gasteiger partial charge in [0.1, 0.15) is 6.04 Å². The summed E-state index contributed by atoms with van der Waals surface area (Å²) in [5.74, 6) is 0.217. The molecule has 0 rings (SSSR count). The first kappa shape index (κ1) is 16.7. The Hall–Kier alpha value is -1.26. The van der Waals surface area contributed by atoms with E-state index in [1.165, 1.54) is 7.11 Å². The van der Waals surface area contributed by atoms with Crippen molar-refractivity contribution in [1.29, 1.82) is 0 Å². The molecule has 18 heavy (non-hydrogen) atoms. The van der Waals surface area contributed by atoms with Gasteiger partial charge in [-0.2, -0.15) is 0 Å². The molecule has 0 unspecified atom stereocenters. The molecule has 2 atom stereocenters. The molecular weight excluding hydrogens is 232 g/mol. The monoisotopic (exact) mass is 258 g/mol. The number of carbonyl (C=O) groups excluding carboxylic acids is 2. The topological polar surface area (TPSA) is 67.4 Å². The number of hydrogen-bond donors (Lipinski definition) is 2. The number of alkyl carbamates (subject to hydrolysis) is 1. The summed E-state index contributed by atoms with van der Waals surface area (Å²) in [5.41, 5.74) is 0. The van der Waals surface area contributed by atoms with Crippen LogP contribution in [0.5, 0.6) is 0 Å². The minimum Gasteiger partial charge on any atom is -0.453 e. The fourth-order valence-corrected chi connectivity index (χ4v) is 1.73. The highest BCUT2D eigenvalue weighted by molar-refractivity contribution is 5.86. The van der Waals surface area contributed by atoms with Crippen molar-refractivity contribution in [3.8, 4) is 0 Å². The van der Waals surface area contributed by atoms with Crippen molar-refractivity contribution in [1.82, 2.24) is 10.6 Å². The van der Waals surface area contributed by atoms with Crippen LogP contribution in [0.25, 0.3) is 0 Å². The van der Waals surface area contributed by atoms with Gasteiger partial charge in [0.15, 0.2) is 0 Å². The quantitative estimate of drug-likeness (QED) is 0.765. The van der Waals surface area contributed by atoms with Crippen LogP contribution in [0.3, 0.4) is 0 Å². The number of amides is 2. The van der Waals surface area contributed by atoms with E-state index in [2.05, 4.69) is 29.2 Å². The van der Waals surface area contributed by atoms with E-state index in [4.69, 9.17) is 0 Å². The standard InChI is InChI=1S/C13H26N2O3/c1-7-10(8(2)3)14-12(16)11(9(4)5)15-13(17)18-6/h8-11H,7H2,1-6H3,(H,14,16)(H,15,17)/t10-,11+/m0/s1. The average molecular weight is 258 g/mol. The van der Waals surface area contributed by atoms with Crippen molar-refractivity contribution in [2.24, 2.45) is 11.8 Å². The summed E-state index contributed by atoms with van der Waals surface area (Å²) in [7, 11) is 1.29. The Kier molecular flexibility index (Phi) is 7.39. The summed E-state index contributed by atoms with van der Waals surface area (Å²) >= 11 is 0. The molecule has 5 nitrogen and oxygen atoms in total. The Morgan fingerprint density at radius 2 is 1.61 bits per heavy atom. The molecule has 0 aliphatic carbocycles. The smallest absolute Gasteiger partial charge is 0.407 e. The van der Waals surface area contributed by atoms with Crippen LogP contribution in [-0.2, 0) is 9.53 Å². The van der Waals surface area contributed by atoms with E-state index >= 15 is 0 Å². The fourth-order valence-electron chi connectivity index (χ4n) is 1.73. The maximum Gasteiger partial charge on any atom is 0.407 e. The fraction of sp³-hybridized carbons (Fsp3) is 0.846. The zero-order valence-electron chi connectivity index (χ0n) is 12.2. The first-order valence-corrected chi connectivity index (χ1v) is 6.48. The van der Waals surface area contributed by atoms with Gasteiger partial charge in [-0.15, -0.1) is 0 Å². The van der Waals surface area contributed by atoms with Crippen molar-refractivity contribution in [3.05, 3.63) is 0 Å². The Balaban J connectivity index is 4.61. The molecule has 0 saturated carbocycles. The molecule has 0 bridgehead atoms. The number of rotatable bonds is 6. The highest BCUT2D eigenvalue weighted by atomic mass is 16.5. The van der Waals surface area contributed by atoms with Crippen molar-refractivity contribution in [2.75, 3.05) is 7.11 Å². The largest absolute Gasteiger partial charge is 0.453 e. The van der Waals surface area contributed by atoms with Crippen molar-refractivity contribution >= 4 is 12.0 Å². The van der Waals surface area contributed by atoms with E-state index in [0.717, 1.165) is 6.42 Å². The van der Waals surface area contributed by atoms with Gasteiger partial charge in [0, 0.05) is 6.04 Å². The van der Waals surface area contributed by atoms with Gasteiger partial charge in [0.05, 0.1) is 7.11 Å². The summed E-state index contributed by atoms with van der Waals surface area (Å²) in [6.07, 6.45) is 0.286. The molecule has 2 N–H and O–H groups in total. The number of carbonyl (C=O) groups is 2. The SMILES string of the molecule is CC[C@H](NC(=O)[C@H](NC(=O)OC)C(C)C)C(C)C. The first-order valence-electron chi connectivity index (χ1n) is 6.48. The molecular formula is C13H26N2O3. The van der Waals surface area contributed by atoms with Gasteiger partial charge in [-0.05, 0) is 18.3 Å². The molecule has 0 aromatic rings. The molecule has 5 heteroatoms. The molecule has 0 aromatic carbocycles. The number of methoxy groups -OCH3 is 1. The maximum absolute atomic E-state index is 12.1. The predicted molar refractivity (Wildman–Crippen MR) is 71.2 cm³/mol. The van der Waals surface area contributed by atoms with Crippen LogP contribution in [0.4, 0.5) is 4.79 Å². The molecule has 0 heterocycles. The summed E-state index contributed by atoms with van der Waals surface area (Å²) in [6.45, 7) is 9.93. The van der Waals surface area contributed by atoms with E-state index in [9.17, 15) is 9.59 Å². The van der Waals surface area contributed by atoms with Gasteiger partial charge in [-0.25, -0.2) is 4.79 Å². The van der Waals surface area contributed by atoms with Crippen LogP contribution >= 0.6 is 0 Å². The third-order valence-corrected chi connectivity index (χ3v) is 2.98. The minimum atomic E-state index is -0.582. The Morgan fingerprint density at radius 1 is 1.06 bits per heavy atom. The molecule has 0 aliphatic rings. The van der Waals surface area contributed by atoms with Gasteiger partial charge in [0.25, 0.3) is 0 Å². The highest BCUT2D eigenvalue weighted by Crippen LogP contribution is 2.08. The van der Waals surface area contributed by atoms with Crippen molar-refractivity contribution in [3.63, 3.8) is 0 Å². The van der Waals surface area contributed by atoms with Gasteiger partial charge < -0.3 is 15.4 Å². The lowest BCUT2D eigenvalue weighted by Crippen LogP contribution is -2.52. The van der Waals surface area contributed by atoms with Gasteiger partial charge in [-0.3, -0.25) is 4.79 Å². The third kappa shape index (κ3) is 5.38. The second-order valence-corrected chi connectivity index (χ2v) is 5.12. The van der Waals surface area contributed by atoms with Gasteiger partial charge in [-0.1, -0.05) is 34.6 Å². The maximum atomic E-state index is 12.1. The minimum absolute atomic E-state index is 0.00812. The van der Waals surface area contributed by atoms with Crippen LogP contribution < -0.4 is 10.6 Å². The molecule has 106 valence electrons. The lowest BCUT2D eigenvalue weighted by Gasteiger charge is -2.26. The van der Waals surface area contributed by atoms with E-state index < -0.39 is 12.1 Å². The molecule has 0 radical (unpaired) electrons. The molecule has 0 aromatic heterocycles. The van der Waals surface area contributed by atoms with Gasteiger partial charge >= 0.3 is 6.09 Å². The van der Waals surface area contributed by atoms with Gasteiger partial charge in [0.2, 0.25) is 5.91 Å². The second-order valence-electron chi connectivity index (χ2n) is 5.12. The normalized spacial score (nSPS) is 14.2. The van der Waals surface area contributed by atoms with Crippen LogP contribution in [0.15, 0.2) is 0 Å². The Labute approximate surface area is 110 Å². The van der Waals surface area contributed by atoms with E-state index in [-0.39, 0.29) is 17.9 Å². The number of nitrogens with one attached hydrogen (secondary N) is 2. The van der Waals surface area contributed by atoms with Crippen LogP contribution in [0.2, 0.25) is 0 Å². The highest BCUT2D eigenvalue weighted by Gasteiger charge is 2.26. The third-order valence-electron chi connectivity index (χ3n) is 2.98. The summed E-state index contributed by atoms with van der Waals surface area (Å²) in [5, 5.41) is 5.53. The molecule has 0 saturated heterocycles. The van der Waals surface area contributed by atoms with E-state index in [1.54, 1.807) is 0 Å². The first-order chi connectivity index (χ1) is 8.33. The number of ether oxygens (including phenoxy) is 1. The second kappa shape index (κ2) is 7.95. The van der Waals surface area contributed by atoms with Crippen molar-refractivity contribution in [2.45, 2.75) is 53.1 Å².